The smallest absolute Gasteiger partial charge is 0.265 e. The summed E-state index contributed by atoms with van der Waals surface area (Å²) in [5, 5.41) is 3.01. The van der Waals surface area contributed by atoms with Gasteiger partial charge in [0.25, 0.3) is 5.91 Å². The normalized spacial score (nSPS) is 14.5. The minimum absolute atomic E-state index is 0.0636. The molecule has 1 N–H and O–H groups in total. The van der Waals surface area contributed by atoms with Crippen LogP contribution in [0, 0.1) is 11.7 Å². The van der Waals surface area contributed by atoms with Gasteiger partial charge in [0.15, 0.2) is 6.61 Å². The van der Waals surface area contributed by atoms with E-state index in [1.54, 1.807) is 30.3 Å². The van der Waals surface area contributed by atoms with Gasteiger partial charge in [-0.25, -0.2) is 4.39 Å². The first kappa shape index (κ1) is 18.9. The molecule has 0 aromatic heterocycles. The van der Waals surface area contributed by atoms with E-state index in [-0.39, 0.29) is 42.7 Å². The zero-order valence-corrected chi connectivity index (χ0v) is 15.4. The van der Waals surface area contributed by atoms with E-state index in [4.69, 9.17) is 4.74 Å². The third-order valence-corrected chi connectivity index (χ3v) is 4.63. The summed E-state index contributed by atoms with van der Waals surface area (Å²) in [7, 11) is 0. The summed E-state index contributed by atoms with van der Waals surface area (Å²) in [6.45, 7) is 3.90. The standard InChI is InChI=1S/C21H23FN2O3/c1-14(2)17(11-15-7-9-16(22)10-8-15)23-20(25)12-24-18-5-3-4-6-19(18)27-13-21(24)26/h3-10,14,17H,11-13H2,1-2H3,(H,23,25)/t17-/m1/s1. The van der Waals surface area contributed by atoms with Crippen LogP contribution in [0.4, 0.5) is 10.1 Å². The molecule has 1 aliphatic rings. The van der Waals surface area contributed by atoms with Crippen molar-refractivity contribution < 1.29 is 18.7 Å². The molecular weight excluding hydrogens is 347 g/mol. The molecule has 2 aromatic rings. The maximum atomic E-state index is 13.1. The Morgan fingerprint density at radius 1 is 1.19 bits per heavy atom. The van der Waals surface area contributed by atoms with E-state index in [2.05, 4.69) is 5.32 Å². The fourth-order valence-electron chi connectivity index (χ4n) is 3.05. The Morgan fingerprint density at radius 3 is 2.59 bits per heavy atom. The first-order chi connectivity index (χ1) is 12.9. The number of carbonyl (C=O) groups excluding carboxylic acids is 2. The molecule has 0 aliphatic carbocycles. The molecule has 0 unspecified atom stereocenters. The van der Waals surface area contributed by atoms with Gasteiger partial charge in [0.05, 0.1) is 5.69 Å². The Bertz CT molecular complexity index is 820. The predicted octanol–water partition coefficient (Wildman–Crippen LogP) is 2.93. The minimum Gasteiger partial charge on any atom is -0.482 e. The Kier molecular flexibility index (Phi) is 5.74. The minimum atomic E-state index is -0.284. The van der Waals surface area contributed by atoms with E-state index in [9.17, 15) is 14.0 Å². The Labute approximate surface area is 158 Å². The van der Waals surface area contributed by atoms with Gasteiger partial charge in [0.1, 0.15) is 18.1 Å². The Hall–Kier alpha value is -2.89. The number of carbonyl (C=O) groups is 2. The van der Waals surface area contributed by atoms with Crippen LogP contribution in [-0.2, 0) is 16.0 Å². The van der Waals surface area contributed by atoms with Gasteiger partial charge in [-0.2, -0.15) is 0 Å². The summed E-state index contributed by atoms with van der Waals surface area (Å²) in [5.74, 6) is 0.0148. The highest BCUT2D eigenvalue weighted by Gasteiger charge is 2.28. The second-order valence-electron chi connectivity index (χ2n) is 6.98. The zero-order valence-electron chi connectivity index (χ0n) is 15.4. The van der Waals surface area contributed by atoms with Crippen molar-refractivity contribution in [2.24, 2.45) is 5.92 Å². The zero-order chi connectivity index (χ0) is 19.4. The van der Waals surface area contributed by atoms with E-state index >= 15 is 0 Å². The van der Waals surface area contributed by atoms with Crippen molar-refractivity contribution in [1.29, 1.82) is 0 Å². The summed E-state index contributed by atoms with van der Waals surface area (Å²) in [6, 6.07) is 13.3. The average molecular weight is 370 g/mol. The molecule has 0 bridgehead atoms. The van der Waals surface area contributed by atoms with Gasteiger partial charge in [-0.1, -0.05) is 38.1 Å². The van der Waals surface area contributed by atoms with Crippen molar-refractivity contribution in [3.8, 4) is 5.75 Å². The summed E-state index contributed by atoms with van der Waals surface area (Å²) in [6.07, 6.45) is 0.595. The molecule has 27 heavy (non-hydrogen) atoms. The summed E-state index contributed by atoms with van der Waals surface area (Å²) >= 11 is 0. The number of halogens is 1. The molecule has 6 heteroatoms. The fraction of sp³-hybridized carbons (Fsp3) is 0.333. The molecule has 1 atom stereocenters. The van der Waals surface area contributed by atoms with Gasteiger partial charge in [-0.05, 0) is 42.2 Å². The van der Waals surface area contributed by atoms with Gasteiger partial charge < -0.3 is 10.1 Å². The first-order valence-corrected chi connectivity index (χ1v) is 9.00. The lowest BCUT2D eigenvalue weighted by Gasteiger charge is -2.30. The molecule has 3 rings (SSSR count). The van der Waals surface area contributed by atoms with Crippen LogP contribution in [0.25, 0.3) is 0 Å². The molecular formula is C21H23FN2O3. The molecule has 2 aromatic carbocycles. The fourth-order valence-corrected chi connectivity index (χ4v) is 3.05. The van der Waals surface area contributed by atoms with Crippen molar-refractivity contribution in [3.05, 3.63) is 59.9 Å². The van der Waals surface area contributed by atoms with E-state index < -0.39 is 0 Å². The number of anilines is 1. The number of hydrogen-bond donors (Lipinski definition) is 1. The van der Waals surface area contributed by atoms with Crippen LogP contribution >= 0.6 is 0 Å². The molecule has 2 amide bonds. The van der Waals surface area contributed by atoms with Crippen molar-refractivity contribution in [2.45, 2.75) is 26.3 Å². The van der Waals surface area contributed by atoms with Crippen LogP contribution in [-0.4, -0.2) is 31.0 Å². The van der Waals surface area contributed by atoms with Gasteiger partial charge in [0, 0.05) is 6.04 Å². The number of fused-ring (bicyclic) bond motifs is 1. The number of hydrogen-bond acceptors (Lipinski definition) is 3. The van der Waals surface area contributed by atoms with Gasteiger partial charge in [-0.15, -0.1) is 0 Å². The van der Waals surface area contributed by atoms with Crippen molar-refractivity contribution >= 4 is 17.5 Å². The number of amides is 2. The van der Waals surface area contributed by atoms with E-state index in [1.165, 1.54) is 17.0 Å². The van der Waals surface area contributed by atoms with Crippen molar-refractivity contribution in [1.82, 2.24) is 5.32 Å². The Balaban J connectivity index is 1.68. The topological polar surface area (TPSA) is 58.6 Å². The average Bonchev–Trinajstić information content (AvgIpc) is 2.65. The number of rotatable bonds is 6. The van der Waals surface area contributed by atoms with Gasteiger partial charge >= 0.3 is 0 Å². The van der Waals surface area contributed by atoms with Crippen LogP contribution in [0.3, 0.4) is 0 Å². The van der Waals surface area contributed by atoms with Gasteiger partial charge in [-0.3, -0.25) is 14.5 Å². The molecule has 0 radical (unpaired) electrons. The SMILES string of the molecule is CC(C)[C@@H](Cc1ccc(F)cc1)NC(=O)CN1C(=O)COc2ccccc21. The highest BCUT2D eigenvalue weighted by molar-refractivity contribution is 6.02. The third-order valence-electron chi connectivity index (χ3n) is 4.63. The van der Waals surface area contributed by atoms with E-state index in [1.807, 2.05) is 19.9 Å². The molecule has 0 fully saturated rings. The first-order valence-electron chi connectivity index (χ1n) is 9.00. The van der Waals surface area contributed by atoms with Crippen molar-refractivity contribution in [3.63, 3.8) is 0 Å². The number of ether oxygens (including phenoxy) is 1. The molecule has 5 nitrogen and oxygen atoms in total. The van der Waals surface area contributed by atoms with Gasteiger partial charge in [0.2, 0.25) is 5.91 Å². The monoisotopic (exact) mass is 370 g/mol. The Morgan fingerprint density at radius 2 is 1.89 bits per heavy atom. The number of nitrogens with one attached hydrogen (secondary N) is 1. The molecule has 0 saturated heterocycles. The number of para-hydroxylation sites is 2. The van der Waals surface area contributed by atoms with E-state index in [0.29, 0.717) is 17.9 Å². The maximum absolute atomic E-state index is 13.1. The lowest BCUT2D eigenvalue weighted by Crippen LogP contribution is -2.48. The predicted molar refractivity (Wildman–Crippen MR) is 101 cm³/mol. The number of benzene rings is 2. The number of nitrogens with zero attached hydrogens (tertiary/aromatic N) is 1. The second kappa shape index (κ2) is 8.20. The maximum Gasteiger partial charge on any atom is 0.265 e. The van der Waals surface area contributed by atoms with Crippen LogP contribution in [0.15, 0.2) is 48.5 Å². The quantitative estimate of drug-likeness (QED) is 0.851. The lowest BCUT2D eigenvalue weighted by molar-refractivity contribution is -0.125. The molecule has 1 heterocycles. The molecule has 1 aliphatic heterocycles. The molecule has 0 saturated carbocycles. The lowest BCUT2D eigenvalue weighted by atomic mass is 9.96. The van der Waals surface area contributed by atoms with E-state index in [0.717, 1.165) is 5.56 Å². The third kappa shape index (κ3) is 4.64. The summed E-state index contributed by atoms with van der Waals surface area (Å²) in [4.78, 5) is 26.3. The molecule has 0 spiro atoms. The van der Waals surface area contributed by atoms with Crippen LogP contribution < -0.4 is 15.0 Å². The highest BCUT2D eigenvalue weighted by atomic mass is 19.1. The summed E-state index contributed by atoms with van der Waals surface area (Å²) in [5.41, 5.74) is 1.55. The second-order valence-corrected chi connectivity index (χ2v) is 6.98. The van der Waals surface area contributed by atoms with Crippen LogP contribution in [0.2, 0.25) is 0 Å². The largest absolute Gasteiger partial charge is 0.482 e. The summed E-state index contributed by atoms with van der Waals surface area (Å²) < 4.78 is 18.5. The highest BCUT2D eigenvalue weighted by Crippen LogP contribution is 2.31. The molecule has 142 valence electrons. The van der Waals surface area contributed by atoms with Crippen molar-refractivity contribution in [2.75, 3.05) is 18.1 Å². The van der Waals surface area contributed by atoms with Crippen LogP contribution in [0.5, 0.6) is 5.75 Å². The van der Waals surface area contributed by atoms with Crippen LogP contribution in [0.1, 0.15) is 19.4 Å².